The molecule has 0 bridgehead atoms. The molecule has 0 radical (unpaired) electrons. The normalized spacial score (nSPS) is 14.5. The first-order valence-corrected chi connectivity index (χ1v) is 12.1. The first kappa shape index (κ1) is 19.4. The van der Waals surface area contributed by atoms with Gasteiger partial charge in [0.25, 0.3) is 0 Å². The van der Waals surface area contributed by atoms with Crippen molar-refractivity contribution in [3.63, 3.8) is 0 Å². The monoisotopic (exact) mass is 437 g/mol. The number of nitrogens with zero attached hydrogens (tertiary/aromatic N) is 4. The van der Waals surface area contributed by atoms with Crippen molar-refractivity contribution in [2.24, 2.45) is 0 Å². The van der Waals surface area contributed by atoms with Crippen molar-refractivity contribution >= 4 is 38.8 Å². The topological polar surface area (TPSA) is 74.8 Å². The summed E-state index contributed by atoms with van der Waals surface area (Å²) in [5, 5.41) is 2.97. The highest BCUT2D eigenvalue weighted by atomic mass is 32.1. The molecule has 3 aromatic heterocycles. The Morgan fingerprint density at radius 2 is 2.03 bits per heavy atom. The first-order valence-electron chi connectivity index (χ1n) is 10.3. The fraction of sp³-hybridized carbons (Fsp3) is 0.364. The average Bonchev–Trinajstić information content (AvgIpc) is 3.51. The molecule has 154 valence electrons. The number of piperidine rings is 1. The van der Waals surface area contributed by atoms with Crippen LogP contribution in [0.2, 0.25) is 0 Å². The fourth-order valence-corrected chi connectivity index (χ4v) is 5.42. The Bertz CT molecular complexity index is 1190. The molecule has 4 heterocycles. The van der Waals surface area contributed by atoms with E-state index in [-0.39, 0.29) is 5.91 Å². The molecule has 0 atom stereocenters. The lowest BCUT2D eigenvalue weighted by molar-refractivity contribution is -0.132. The Hall–Kier alpha value is -2.58. The standard InChI is InChI=1S/C22H23N5OS2/c1-14-12-29-22(24-14)21-20(15-5-6-16-17(11-15)30-13-23-16)25-18(26-21)7-8-19(28)27-9-3-2-4-10-27/h5-6,11-13H,2-4,7-10H2,1H3,(H,25,26). The lowest BCUT2D eigenvalue weighted by Crippen LogP contribution is -2.35. The molecule has 1 fully saturated rings. The van der Waals surface area contributed by atoms with E-state index in [0.717, 1.165) is 69.6 Å². The second-order valence-corrected chi connectivity index (χ2v) is 9.42. The minimum atomic E-state index is 0.227. The van der Waals surface area contributed by atoms with Crippen molar-refractivity contribution in [2.45, 2.75) is 39.0 Å². The molecule has 0 aliphatic carbocycles. The fourth-order valence-electron chi connectivity index (χ4n) is 3.90. The summed E-state index contributed by atoms with van der Waals surface area (Å²) in [7, 11) is 0. The third kappa shape index (κ3) is 3.89. The molecule has 0 saturated carbocycles. The van der Waals surface area contributed by atoms with Crippen LogP contribution in [0.3, 0.4) is 0 Å². The largest absolute Gasteiger partial charge is 0.343 e. The predicted molar refractivity (Wildman–Crippen MR) is 122 cm³/mol. The van der Waals surface area contributed by atoms with E-state index in [4.69, 9.17) is 4.98 Å². The smallest absolute Gasteiger partial charge is 0.223 e. The number of H-pyrrole nitrogens is 1. The Morgan fingerprint density at radius 3 is 2.83 bits per heavy atom. The van der Waals surface area contributed by atoms with Crippen molar-refractivity contribution in [1.82, 2.24) is 24.8 Å². The molecule has 6 nitrogen and oxygen atoms in total. The molecule has 30 heavy (non-hydrogen) atoms. The predicted octanol–water partition coefficient (Wildman–Crippen LogP) is 5.06. The molecule has 0 spiro atoms. The second kappa shape index (κ2) is 8.28. The molecular formula is C22H23N5OS2. The Labute approximate surface area is 183 Å². The maximum Gasteiger partial charge on any atom is 0.223 e. The van der Waals surface area contributed by atoms with Crippen LogP contribution in [0, 0.1) is 6.92 Å². The van der Waals surface area contributed by atoms with E-state index in [1.807, 2.05) is 28.8 Å². The number of thiazole rings is 2. The zero-order chi connectivity index (χ0) is 20.5. The van der Waals surface area contributed by atoms with Gasteiger partial charge in [-0.15, -0.1) is 22.7 Å². The number of hydrogen-bond acceptors (Lipinski definition) is 6. The van der Waals surface area contributed by atoms with E-state index >= 15 is 0 Å². The van der Waals surface area contributed by atoms with Crippen molar-refractivity contribution in [3.8, 4) is 22.0 Å². The highest BCUT2D eigenvalue weighted by molar-refractivity contribution is 7.16. The number of carbonyl (C=O) groups excluding carboxylic acids is 1. The van der Waals surface area contributed by atoms with Crippen molar-refractivity contribution in [3.05, 3.63) is 40.6 Å². The zero-order valence-corrected chi connectivity index (χ0v) is 18.5. The number of likely N-dealkylation sites (tertiary alicyclic amines) is 1. The molecular weight excluding hydrogens is 414 g/mol. The number of amides is 1. The number of nitrogens with one attached hydrogen (secondary N) is 1. The van der Waals surface area contributed by atoms with Gasteiger partial charge in [0.2, 0.25) is 5.91 Å². The van der Waals surface area contributed by atoms with E-state index in [1.54, 1.807) is 22.7 Å². The number of fused-ring (bicyclic) bond motifs is 1. The van der Waals surface area contributed by atoms with Crippen molar-refractivity contribution in [2.75, 3.05) is 13.1 Å². The first-order chi connectivity index (χ1) is 14.7. The van der Waals surface area contributed by atoms with E-state index in [1.165, 1.54) is 6.42 Å². The van der Waals surface area contributed by atoms with Crippen LogP contribution in [0.25, 0.3) is 32.2 Å². The summed E-state index contributed by atoms with van der Waals surface area (Å²) in [4.78, 5) is 32.0. The number of benzene rings is 1. The van der Waals surface area contributed by atoms with Crippen LogP contribution in [-0.4, -0.2) is 43.8 Å². The minimum absolute atomic E-state index is 0.227. The zero-order valence-electron chi connectivity index (χ0n) is 16.9. The van der Waals surface area contributed by atoms with Crippen molar-refractivity contribution in [1.29, 1.82) is 0 Å². The number of imidazole rings is 1. The van der Waals surface area contributed by atoms with E-state index in [9.17, 15) is 4.79 Å². The lowest BCUT2D eigenvalue weighted by atomic mass is 10.1. The third-order valence-corrected chi connectivity index (χ3v) is 7.24. The number of hydrogen-bond donors (Lipinski definition) is 1. The van der Waals surface area contributed by atoms with Gasteiger partial charge >= 0.3 is 0 Å². The summed E-state index contributed by atoms with van der Waals surface area (Å²) < 4.78 is 1.14. The van der Waals surface area contributed by atoms with Crippen LogP contribution < -0.4 is 0 Å². The molecule has 1 aliphatic rings. The van der Waals surface area contributed by atoms with Crippen LogP contribution in [0.4, 0.5) is 0 Å². The van der Waals surface area contributed by atoms with E-state index < -0.39 is 0 Å². The highest BCUT2D eigenvalue weighted by Gasteiger charge is 2.20. The van der Waals surface area contributed by atoms with Crippen LogP contribution in [0.1, 0.15) is 37.2 Å². The van der Waals surface area contributed by atoms with Gasteiger partial charge in [0.05, 0.1) is 21.4 Å². The molecule has 1 aliphatic heterocycles. The van der Waals surface area contributed by atoms with E-state index in [0.29, 0.717) is 12.8 Å². The summed E-state index contributed by atoms with van der Waals surface area (Å²) in [6.07, 6.45) is 4.55. The quantitative estimate of drug-likeness (QED) is 0.473. The molecule has 1 saturated heterocycles. The molecule has 1 aromatic carbocycles. The highest BCUT2D eigenvalue weighted by Crippen LogP contribution is 2.34. The van der Waals surface area contributed by atoms with Gasteiger partial charge in [-0.3, -0.25) is 4.79 Å². The lowest BCUT2D eigenvalue weighted by Gasteiger charge is -2.26. The Kier molecular flexibility index (Phi) is 5.35. The number of aromatic nitrogens is 4. The van der Waals surface area contributed by atoms with Crippen LogP contribution >= 0.6 is 22.7 Å². The third-order valence-electron chi connectivity index (χ3n) is 5.47. The Balaban J connectivity index is 1.44. The van der Waals surface area contributed by atoms with Gasteiger partial charge in [-0.2, -0.15) is 0 Å². The van der Waals surface area contributed by atoms with Gasteiger partial charge in [0, 0.05) is 42.6 Å². The maximum absolute atomic E-state index is 12.6. The summed E-state index contributed by atoms with van der Waals surface area (Å²) in [5.74, 6) is 1.06. The van der Waals surface area contributed by atoms with Gasteiger partial charge in [0.1, 0.15) is 16.5 Å². The summed E-state index contributed by atoms with van der Waals surface area (Å²) in [5.41, 5.74) is 6.72. The number of aryl methyl sites for hydroxylation is 2. The van der Waals surface area contributed by atoms with Gasteiger partial charge in [-0.05, 0) is 38.3 Å². The molecule has 0 unspecified atom stereocenters. The summed E-state index contributed by atoms with van der Waals surface area (Å²) in [6.45, 7) is 3.78. The van der Waals surface area contributed by atoms with E-state index in [2.05, 4.69) is 27.1 Å². The second-order valence-electron chi connectivity index (χ2n) is 7.68. The van der Waals surface area contributed by atoms with Gasteiger partial charge < -0.3 is 9.88 Å². The van der Waals surface area contributed by atoms with Gasteiger partial charge in [-0.25, -0.2) is 15.0 Å². The van der Waals surface area contributed by atoms with Crippen LogP contribution in [-0.2, 0) is 11.2 Å². The SMILES string of the molecule is Cc1csc(-c2[nH]c(CCC(=O)N3CCCCC3)nc2-c2ccc3ncsc3c2)n1. The number of carbonyl (C=O) groups is 1. The van der Waals surface area contributed by atoms with Gasteiger partial charge in [0.15, 0.2) is 0 Å². The maximum atomic E-state index is 12.6. The summed E-state index contributed by atoms with van der Waals surface area (Å²) >= 11 is 3.24. The average molecular weight is 438 g/mol. The van der Waals surface area contributed by atoms with Crippen LogP contribution in [0.5, 0.6) is 0 Å². The molecule has 5 rings (SSSR count). The van der Waals surface area contributed by atoms with Crippen LogP contribution in [0.15, 0.2) is 29.1 Å². The Morgan fingerprint density at radius 1 is 1.17 bits per heavy atom. The van der Waals surface area contributed by atoms with Gasteiger partial charge in [-0.1, -0.05) is 6.07 Å². The minimum Gasteiger partial charge on any atom is -0.343 e. The van der Waals surface area contributed by atoms with Crippen molar-refractivity contribution < 1.29 is 4.79 Å². The molecule has 1 N–H and O–H groups in total. The summed E-state index contributed by atoms with van der Waals surface area (Å²) in [6, 6.07) is 6.23. The number of rotatable bonds is 5. The molecule has 8 heteroatoms. The number of aromatic amines is 1. The molecule has 4 aromatic rings. The molecule has 1 amide bonds.